The third-order valence-corrected chi connectivity index (χ3v) is 2.34. The minimum atomic E-state index is -0.160. The van der Waals surface area contributed by atoms with Gasteiger partial charge in [0.2, 0.25) is 5.56 Å². The molecule has 0 aliphatic rings. The molecule has 0 spiro atoms. The van der Waals surface area contributed by atoms with Crippen LogP contribution in [-0.2, 0) is 0 Å². The third kappa shape index (κ3) is 2.02. The molecule has 2 rings (SSSR count). The van der Waals surface area contributed by atoms with Crippen molar-refractivity contribution in [1.82, 2.24) is 4.98 Å². The maximum Gasteiger partial charge on any atom is 0.248 e. The lowest BCUT2D eigenvalue weighted by molar-refractivity contribution is 1.24. The molecule has 0 aliphatic heterocycles. The summed E-state index contributed by atoms with van der Waals surface area (Å²) in [5, 5.41) is 0.597. The maximum atomic E-state index is 11.1. The summed E-state index contributed by atoms with van der Waals surface area (Å²) >= 11 is 5.87. The van der Waals surface area contributed by atoms with E-state index in [0.29, 0.717) is 10.7 Å². The van der Waals surface area contributed by atoms with Gasteiger partial charge < -0.3 is 10.7 Å². The topological polar surface area (TPSA) is 58.9 Å². The van der Waals surface area contributed by atoms with E-state index in [1.54, 1.807) is 30.5 Å². The molecule has 0 radical (unpaired) electrons. The fraction of sp³-hybridized carbons (Fsp3) is 0. The molecule has 0 atom stereocenters. The number of hydrogen-bond donors (Lipinski definition) is 2. The normalized spacial score (nSPS) is 10.2. The van der Waals surface area contributed by atoms with Gasteiger partial charge in [0.05, 0.1) is 0 Å². The van der Waals surface area contributed by atoms with Gasteiger partial charge in [0.15, 0.2) is 0 Å². The number of H-pyrrole nitrogens is 1. The van der Waals surface area contributed by atoms with E-state index < -0.39 is 0 Å². The Balaban J connectivity index is 2.63. The predicted octanol–water partition coefficient (Wildman–Crippen LogP) is 2.28. The molecule has 1 aromatic carbocycles. The predicted molar refractivity (Wildman–Crippen MR) is 61.9 cm³/mol. The van der Waals surface area contributed by atoms with E-state index >= 15 is 0 Å². The van der Waals surface area contributed by atoms with Gasteiger partial charge in [0, 0.05) is 28.5 Å². The second kappa shape index (κ2) is 3.79. The molecule has 0 aliphatic carbocycles. The molecular formula is C11H9ClN2O. The largest absolute Gasteiger partial charge is 0.398 e. The number of anilines is 1. The summed E-state index contributed by atoms with van der Waals surface area (Å²) < 4.78 is 0. The number of nitrogens with one attached hydrogen (secondary N) is 1. The van der Waals surface area contributed by atoms with Crippen molar-refractivity contribution in [3.8, 4) is 11.1 Å². The number of halogens is 1. The Morgan fingerprint density at radius 3 is 2.73 bits per heavy atom. The molecule has 0 unspecified atom stereocenters. The fourth-order valence-electron chi connectivity index (χ4n) is 1.39. The first kappa shape index (κ1) is 9.80. The van der Waals surface area contributed by atoms with Gasteiger partial charge in [0.1, 0.15) is 0 Å². The van der Waals surface area contributed by atoms with Crippen LogP contribution >= 0.6 is 11.6 Å². The van der Waals surface area contributed by atoms with Crippen LogP contribution in [-0.4, -0.2) is 4.98 Å². The Morgan fingerprint density at radius 2 is 2.00 bits per heavy atom. The molecule has 76 valence electrons. The summed E-state index contributed by atoms with van der Waals surface area (Å²) in [5.41, 5.74) is 7.78. The standard InChI is InChI=1S/C11H9ClN2O/c12-8-1-2-10(13)9(6-8)7-3-4-14-11(15)5-7/h1-6H,13H2,(H,14,15). The van der Waals surface area contributed by atoms with E-state index in [2.05, 4.69) is 4.98 Å². The summed E-state index contributed by atoms with van der Waals surface area (Å²) in [6.07, 6.45) is 1.58. The quantitative estimate of drug-likeness (QED) is 0.725. The lowest BCUT2D eigenvalue weighted by Crippen LogP contribution is -2.02. The Bertz CT molecular complexity index is 548. The van der Waals surface area contributed by atoms with Gasteiger partial charge in [-0.2, -0.15) is 0 Å². The minimum Gasteiger partial charge on any atom is -0.398 e. The van der Waals surface area contributed by atoms with Crippen molar-refractivity contribution in [1.29, 1.82) is 0 Å². The highest BCUT2D eigenvalue weighted by Crippen LogP contribution is 2.27. The molecule has 0 amide bonds. The highest BCUT2D eigenvalue weighted by Gasteiger charge is 2.03. The Morgan fingerprint density at radius 1 is 1.20 bits per heavy atom. The number of nitrogens with two attached hydrogens (primary N) is 1. The fourth-order valence-corrected chi connectivity index (χ4v) is 1.56. The van der Waals surface area contributed by atoms with Gasteiger partial charge in [-0.15, -0.1) is 0 Å². The van der Waals surface area contributed by atoms with Crippen molar-refractivity contribution in [2.24, 2.45) is 0 Å². The van der Waals surface area contributed by atoms with Crippen LogP contribution in [0.1, 0.15) is 0 Å². The lowest BCUT2D eigenvalue weighted by atomic mass is 10.1. The van der Waals surface area contributed by atoms with Crippen molar-refractivity contribution in [2.75, 3.05) is 5.73 Å². The maximum absolute atomic E-state index is 11.1. The second-order valence-corrected chi connectivity index (χ2v) is 3.61. The molecule has 1 aromatic heterocycles. The van der Waals surface area contributed by atoms with Gasteiger partial charge >= 0.3 is 0 Å². The van der Waals surface area contributed by atoms with Crippen LogP contribution in [0, 0.1) is 0 Å². The molecule has 3 nitrogen and oxygen atoms in total. The highest BCUT2D eigenvalue weighted by molar-refractivity contribution is 6.31. The molecule has 0 saturated carbocycles. The first-order chi connectivity index (χ1) is 7.16. The van der Waals surface area contributed by atoms with Crippen molar-refractivity contribution in [3.63, 3.8) is 0 Å². The van der Waals surface area contributed by atoms with Crippen molar-refractivity contribution < 1.29 is 0 Å². The molecule has 3 N–H and O–H groups in total. The van der Waals surface area contributed by atoms with Crippen LogP contribution in [0.15, 0.2) is 41.3 Å². The van der Waals surface area contributed by atoms with Crippen LogP contribution < -0.4 is 11.3 Å². The molecule has 0 saturated heterocycles. The molecule has 1 heterocycles. The number of aromatic nitrogens is 1. The van der Waals surface area contributed by atoms with Crippen LogP contribution in [0.3, 0.4) is 0 Å². The zero-order valence-electron chi connectivity index (χ0n) is 7.83. The van der Waals surface area contributed by atoms with E-state index in [-0.39, 0.29) is 5.56 Å². The summed E-state index contributed by atoms with van der Waals surface area (Å²) in [6, 6.07) is 8.45. The van der Waals surface area contributed by atoms with Crippen LogP contribution in [0.2, 0.25) is 5.02 Å². The summed E-state index contributed by atoms with van der Waals surface area (Å²) in [6.45, 7) is 0. The zero-order chi connectivity index (χ0) is 10.8. The van der Waals surface area contributed by atoms with E-state index in [1.165, 1.54) is 6.07 Å². The first-order valence-electron chi connectivity index (χ1n) is 4.41. The Labute approximate surface area is 91.5 Å². The molecule has 15 heavy (non-hydrogen) atoms. The summed E-state index contributed by atoms with van der Waals surface area (Å²) in [5.74, 6) is 0. The molecular weight excluding hydrogens is 212 g/mol. The molecule has 4 heteroatoms. The number of aromatic amines is 1. The van der Waals surface area contributed by atoms with Crippen LogP contribution in [0.5, 0.6) is 0 Å². The van der Waals surface area contributed by atoms with Gasteiger partial charge in [-0.05, 0) is 29.8 Å². The minimum absolute atomic E-state index is 0.160. The van der Waals surface area contributed by atoms with Gasteiger partial charge in [-0.3, -0.25) is 4.79 Å². The average Bonchev–Trinajstić information content (AvgIpc) is 2.22. The van der Waals surface area contributed by atoms with Gasteiger partial charge in [-0.1, -0.05) is 11.6 Å². The number of rotatable bonds is 1. The number of nitrogen functional groups attached to an aromatic ring is 1. The van der Waals surface area contributed by atoms with Gasteiger partial charge in [0.25, 0.3) is 0 Å². The van der Waals surface area contributed by atoms with E-state index in [4.69, 9.17) is 17.3 Å². The Kier molecular flexibility index (Phi) is 2.47. The lowest BCUT2D eigenvalue weighted by Gasteiger charge is -2.05. The average molecular weight is 221 g/mol. The number of pyridine rings is 1. The van der Waals surface area contributed by atoms with Crippen molar-refractivity contribution in [2.45, 2.75) is 0 Å². The number of hydrogen-bond acceptors (Lipinski definition) is 2. The smallest absolute Gasteiger partial charge is 0.248 e. The summed E-state index contributed by atoms with van der Waals surface area (Å²) in [7, 11) is 0. The van der Waals surface area contributed by atoms with Crippen molar-refractivity contribution >= 4 is 17.3 Å². The zero-order valence-corrected chi connectivity index (χ0v) is 8.58. The summed E-state index contributed by atoms with van der Waals surface area (Å²) in [4.78, 5) is 13.7. The third-order valence-electron chi connectivity index (χ3n) is 2.10. The van der Waals surface area contributed by atoms with Crippen molar-refractivity contribution in [3.05, 3.63) is 51.9 Å². The van der Waals surface area contributed by atoms with Gasteiger partial charge in [-0.25, -0.2) is 0 Å². The van der Waals surface area contributed by atoms with E-state index in [1.807, 2.05) is 0 Å². The molecule has 0 fully saturated rings. The Hall–Kier alpha value is -1.74. The second-order valence-electron chi connectivity index (χ2n) is 3.17. The highest BCUT2D eigenvalue weighted by atomic mass is 35.5. The SMILES string of the molecule is Nc1ccc(Cl)cc1-c1cc[nH]c(=O)c1. The van der Waals surface area contributed by atoms with E-state index in [9.17, 15) is 4.79 Å². The van der Waals surface area contributed by atoms with Crippen LogP contribution in [0.4, 0.5) is 5.69 Å². The molecule has 0 bridgehead atoms. The van der Waals surface area contributed by atoms with Crippen LogP contribution in [0.25, 0.3) is 11.1 Å². The first-order valence-corrected chi connectivity index (χ1v) is 4.79. The molecule has 2 aromatic rings. The van der Waals surface area contributed by atoms with E-state index in [0.717, 1.165) is 11.1 Å². The monoisotopic (exact) mass is 220 g/mol. The number of benzene rings is 1.